The molecular weight excluding hydrogens is 826 g/mol. The molecule has 0 atom stereocenters. The van der Waals surface area contributed by atoms with Crippen LogP contribution in [0.25, 0.3) is 104 Å². The Morgan fingerprint density at radius 1 is 0.421 bits per heavy atom. The molecule has 8 aromatic carbocycles. The molecule has 57 heavy (non-hydrogen) atoms. The molecule has 0 saturated heterocycles. The maximum Gasteiger partial charge on any atom is 0.160 e. The monoisotopic (exact) mass is 857 g/mol. The summed E-state index contributed by atoms with van der Waals surface area (Å²) >= 11 is 4.51. The highest BCUT2D eigenvalue weighted by molar-refractivity contribution is 14.1. The molecule has 0 fully saturated rings. The second kappa shape index (κ2) is 14.0. The first-order chi connectivity index (χ1) is 28.2. The predicted molar refractivity (Wildman–Crippen MR) is 249 cm³/mol. The number of nitrogens with zero attached hydrogens (tertiary/aromatic N) is 3. The van der Waals surface area contributed by atoms with E-state index in [1.807, 2.05) is 35.6 Å². The maximum atomic E-state index is 5.07. The van der Waals surface area contributed by atoms with E-state index in [-0.39, 0.29) is 0 Å². The van der Waals surface area contributed by atoms with Gasteiger partial charge in [-0.2, -0.15) is 0 Å². The molecule has 0 unspecified atom stereocenters. The largest absolute Gasteiger partial charge is 0.301 e. The number of benzene rings is 8. The summed E-state index contributed by atoms with van der Waals surface area (Å²) in [5.41, 5.74) is 12.2. The molecule has 0 N–H and O–H groups in total. The van der Waals surface area contributed by atoms with Gasteiger partial charge in [0.2, 0.25) is 0 Å². The van der Waals surface area contributed by atoms with Crippen molar-refractivity contribution in [2.24, 2.45) is 0 Å². The van der Waals surface area contributed by atoms with Gasteiger partial charge in [-0.15, -0.1) is 11.3 Å². The van der Waals surface area contributed by atoms with Crippen LogP contribution in [0.5, 0.6) is 0 Å². The number of hydrogen-bond donors (Lipinski definition) is 0. The molecule has 0 aliphatic heterocycles. The number of aromatic nitrogens is 3. The lowest BCUT2D eigenvalue weighted by atomic mass is 9.93. The Morgan fingerprint density at radius 3 is 1.65 bits per heavy atom. The zero-order valence-electron chi connectivity index (χ0n) is 30.6. The number of fused-ring (bicyclic) bond motifs is 7. The van der Waals surface area contributed by atoms with Crippen LogP contribution in [0.1, 0.15) is 0 Å². The first kappa shape index (κ1) is 33.9. The minimum atomic E-state index is 0.718. The van der Waals surface area contributed by atoms with E-state index in [4.69, 9.17) is 9.97 Å². The molecule has 3 aromatic heterocycles. The van der Waals surface area contributed by atoms with E-state index in [0.717, 1.165) is 39.5 Å². The third-order valence-corrected chi connectivity index (χ3v) is 13.2. The highest BCUT2D eigenvalue weighted by Crippen LogP contribution is 2.50. The average Bonchev–Trinajstić information content (AvgIpc) is 3.82. The van der Waals surface area contributed by atoms with Crippen LogP contribution >= 0.6 is 33.9 Å². The Balaban J connectivity index is 1.09. The van der Waals surface area contributed by atoms with E-state index < -0.39 is 0 Å². The molecule has 0 spiro atoms. The number of rotatable bonds is 6. The number of hydrogen-bond acceptors (Lipinski definition) is 3. The maximum absolute atomic E-state index is 5.07. The topological polar surface area (TPSA) is 30.7 Å². The Kier molecular flexibility index (Phi) is 8.30. The van der Waals surface area contributed by atoms with Gasteiger partial charge in [-0.1, -0.05) is 164 Å². The lowest BCUT2D eigenvalue weighted by Gasteiger charge is -2.14. The number of thiophene rings is 1. The fourth-order valence-corrected chi connectivity index (χ4v) is 10.9. The predicted octanol–water partition coefficient (Wildman–Crippen LogP) is 14.9. The molecule has 5 heteroatoms. The van der Waals surface area contributed by atoms with E-state index in [1.165, 1.54) is 67.9 Å². The van der Waals surface area contributed by atoms with Crippen LogP contribution in [0.2, 0.25) is 0 Å². The quantitative estimate of drug-likeness (QED) is 0.156. The molecular formula is C52H32IN3S. The van der Waals surface area contributed by atoms with Gasteiger partial charge in [0.05, 0.1) is 16.9 Å². The molecule has 0 aliphatic rings. The normalized spacial score (nSPS) is 11.6. The first-order valence-electron chi connectivity index (χ1n) is 19.0. The highest BCUT2D eigenvalue weighted by atomic mass is 127. The molecule has 11 rings (SSSR count). The van der Waals surface area contributed by atoms with Crippen LogP contribution < -0.4 is 0 Å². The van der Waals surface area contributed by atoms with E-state index in [9.17, 15) is 0 Å². The summed E-state index contributed by atoms with van der Waals surface area (Å²) < 4.78 is 5.04. The molecule has 3 heterocycles. The molecule has 0 saturated carbocycles. The van der Waals surface area contributed by atoms with Crippen molar-refractivity contribution in [1.29, 1.82) is 0 Å². The van der Waals surface area contributed by atoms with Crippen LogP contribution in [-0.2, 0) is 0 Å². The van der Waals surface area contributed by atoms with E-state index in [2.05, 4.69) is 197 Å². The van der Waals surface area contributed by atoms with Crippen molar-refractivity contribution < 1.29 is 0 Å². The lowest BCUT2D eigenvalue weighted by molar-refractivity contribution is 1.18. The third-order valence-electron chi connectivity index (χ3n) is 10.9. The minimum Gasteiger partial charge on any atom is -0.301 e. The van der Waals surface area contributed by atoms with Gasteiger partial charge >= 0.3 is 0 Å². The van der Waals surface area contributed by atoms with Crippen molar-refractivity contribution in [2.75, 3.05) is 0 Å². The Hall–Kier alpha value is -6.41. The van der Waals surface area contributed by atoms with Gasteiger partial charge in [-0.05, 0) is 80.4 Å². The average molecular weight is 858 g/mol. The molecule has 0 amide bonds. The van der Waals surface area contributed by atoms with Gasteiger partial charge in [0.1, 0.15) is 4.83 Å². The number of para-hydroxylation sites is 2. The smallest absolute Gasteiger partial charge is 0.160 e. The Morgan fingerprint density at radius 2 is 0.965 bits per heavy atom. The Labute approximate surface area is 347 Å². The van der Waals surface area contributed by atoms with Crippen LogP contribution in [-0.4, -0.2) is 14.5 Å². The Bertz CT molecular complexity index is 3210. The summed E-state index contributed by atoms with van der Waals surface area (Å²) in [6.45, 7) is 0. The van der Waals surface area contributed by atoms with Crippen LogP contribution in [0.4, 0.5) is 0 Å². The molecule has 0 radical (unpaired) electrons. The summed E-state index contributed by atoms with van der Waals surface area (Å²) in [5, 5.41) is 6.46. The summed E-state index contributed by atoms with van der Waals surface area (Å²) in [7, 11) is 0. The van der Waals surface area contributed by atoms with Gasteiger partial charge in [0.25, 0.3) is 0 Å². The number of halogens is 1. The van der Waals surface area contributed by atoms with Crippen molar-refractivity contribution >= 4 is 75.9 Å². The summed E-state index contributed by atoms with van der Waals surface area (Å²) in [5.74, 6) is 0.718. The zero-order valence-corrected chi connectivity index (χ0v) is 33.6. The van der Waals surface area contributed by atoms with E-state index in [1.54, 1.807) is 0 Å². The van der Waals surface area contributed by atoms with Crippen LogP contribution in [0.15, 0.2) is 194 Å². The van der Waals surface area contributed by atoms with E-state index >= 15 is 0 Å². The fraction of sp³-hybridized carbons (Fsp3) is 0. The zero-order chi connectivity index (χ0) is 37.9. The van der Waals surface area contributed by atoms with Gasteiger partial charge in [0.15, 0.2) is 5.82 Å². The SMILES string of the molecule is Ic1c(-c2ccccc2)c2sc3c(c4ccccc4n3-c3ccccc3)c2c2ccc(-c3ccc(-c4cc(-c5ccccc5)nc(-c5ccccc5)n4)cc3)cc12. The summed E-state index contributed by atoms with van der Waals surface area (Å²) in [6.07, 6.45) is 0. The van der Waals surface area contributed by atoms with Crippen molar-refractivity contribution in [3.63, 3.8) is 0 Å². The molecule has 0 bridgehead atoms. The lowest BCUT2D eigenvalue weighted by Crippen LogP contribution is -1.95. The molecule has 268 valence electrons. The van der Waals surface area contributed by atoms with E-state index in [0.29, 0.717) is 0 Å². The molecule has 11 aromatic rings. The highest BCUT2D eigenvalue weighted by Gasteiger charge is 2.24. The van der Waals surface area contributed by atoms with Crippen molar-refractivity contribution in [3.05, 3.63) is 198 Å². The van der Waals surface area contributed by atoms with Crippen LogP contribution in [0, 0.1) is 3.57 Å². The van der Waals surface area contributed by atoms with Gasteiger partial charge in [-0.25, -0.2) is 9.97 Å². The standard InChI is InChI=1S/C52H32IN3S/c53-49-42-31-38(33-25-27-35(28-26-33)44-32-43(34-15-5-1-6-16-34)54-51(55-44)37-19-9-3-10-20-37)29-30-40(42)47-48-41-23-13-14-24-45(41)56(39-21-11-4-12-22-39)52(48)57-50(47)46(49)36-17-7-2-8-18-36/h1-32H. The van der Waals surface area contributed by atoms with Crippen molar-refractivity contribution in [2.45, 2.75) is 0 Å². The van der Waals surface area contributed by atoms with Crippen molar-refractivity contribution in [1.82, 2.24) is 14.5 Å². The summed E-state index contributed by atoms with van der Waals surface area (Å²) in [4.78, 5) is 11.3. The van der Waals surface area contributed by atoms with Crippen LogP contribution in [0.3, 0.4) is 0 Å². The second-order valence-corrected chi connectivity index (χ2v) is 16.3. The fourth-order valence-electron chi connectivity index (χ4n) is 8.20. The molecule has 3 nitrogen and oxygen atoms in total. The minimum absolute atomic E-state index is 0.718. The molecule has 0 aliphatic carbocycles. The van der Waals surface area contributed by atoms with Crippen molar-refractivity contribution in [3.8, 4) is 61.8 Å². The van der Waals surface area contributed by atoms with Gasteiger partial charge in [-0.3, -0.25) is 0 Å². The van der Waals surface area contributed by atoms with Gasteiger partial charge in [0, 0.05) is 52.4 Å². The second-order valence-electron chi connectivity index (χ2n) is 14.3. The van der Waals surface area contributed by atoms with Gasteiger partial charge < -0.3 is 4.57 Å². The first-order valence-corrected chi connectivity index (χ1v) is 20.9. The third kappa shape index (κ3) is 5.76. The summed E-state index contributed by atoms with van der Waals surface area (Å²) in [6, 6.07) is 69.0.